The lowest BCUT2D eigenvalue weighted by molar-refractivity contribution is 0.0986. The second-order valence-corrected chi connectivity index (χ2v) is 4.13. The molecule has 4 nitrogen and oxygen atoms in total. The minimum Gasteiger partial charge on any atom is -0.480 e. The summed E-state index contributed by atoms with van der Waals surface area (Å²) < 4.78 is 17.8. The van der Waals surface area contributed by atoms with E-state index in [1.165, 1.54) is 19.2 Å². The van der Waals surface area contributed by atoms with Crippen molar-refractivity contribution in [1.82, 2.24) is 10.2 Å². The molecular weight excluding hydrogens is 247 g/mol. The fourth-order valence-electron chi connectivity index (χ4n) is 1.70. The number of aromatic nitrogens is 2. The van der Waals surface area contributed by atoms with Crippen LogP contribution in [0.4, 0.5) is 4.39 Å². The van der Waals surface area contributed by atoms with Crippen LogP contribution in [-0.2, 0) is 6.42 Å². The molecule has 2 aromatic rings. The first kappa shape index (κ1) is 13.1. The number of nitrogens with zero attached hydrogens (tertiary/aromatic N) is 2. The molecule has 0 saturated heterocycles. The number of ether oxygens (including phenoxy) is 1. The second-order valence-electron chi connectivity index (χ2n) is 4.13. The predicted molar refractivity (Wildman–Crippen MR) is 67.8 cm³/mol. The Morgan fingerprint density at radius 3 is 2.63 bits per heavy atom. The minimum absolute atomic E-state index is 0.162. The highest BCUT2D eigenvalue weighted by molar-refractivity contribution is 5.95. The number of methoxy groups -OCH3 is 1. The summed E-state index contributed by atoms with van der Waals surface area (Å²) >= 11 is 0. The molecule has 0 unspecified atom stereocenters. The van der Waals surface area contributed by atoms with Gasteiger partial charge in [0, 0.05) is 12.5 Å². The topological polar surface area (TPSA) is 52.1 Å². The van der Waals surface area contributed by atoms with E-state index < -0.39 is 0 Å². The zero-order chi connectivity index (χ0) is 13.8. The molecule has 0 bridgehead atoms. The van der Waals surface area contributed by atoms with Crippen LogP contribution in [-0.4, -0.2) is 23.1 Å². The first-order valence-corrected chi connectivity index (χ1v) is 5.76. The predicted octanol–water partition coefficient (Wildman–Crippen LogP) is 2.36. The minimum atomic E-state index is -0.307. The average Bonchev–Trinajstić information content (AvgIpc) is 2.42. The summed E-state index contributed by atoms with van der Waals surface area (Å²) in [6.45, 7) is 1.77. The summed E-state index contributed by atoms with van der Waals surface area (Å²) in [6.07, 6.45) is 0.174. The molecule has 0 atom stereocenters. The van der Waals surface area contributed by atoms with Gasteiger partial charge in [-0.25, -0.2) is 4.39 Å². The lowest BCUT2D eigenvalue weighted by atomic mass is 10.0. The zero-order valence-corrected chi connectivity index (χ0v) is 10.7. The number of hydrogen-bond donors (Lipinski definition) is 0. The quantitative estimate of drug-likeness (QED) is 0.792. The van der Waals surface area contributed by atoms with Crippen LogP contribution >= 0.6 is 0 Å². The van der Waals surface area contributed by atoms with Gasteiger partial charge in [0.25, 0.3) is 0 Å². The smallest absolute Gasteiger partial charge is 0.233 e. The SMILES string of the molecule is COc1ccc(C(=O)Cc2ccc(F)cc2C)nn1. The van der Waals surface area contributed by atoms with Crippen molar-refractivity contribution in [2.24, 2.45) is 0 Å². The van der Waals surface area contributed by atoms with Crippen LogP contribution in [0.25, 0.3) is 0 Å². The summed E-state index contributed by atoms with van der Waals surface area (Å²) in [5.74, 6) is -0.114. The van der Waals surface area contributed by atoms with Crippen LogP contribution in [0.3, 0.4) is 0 Å². The molecule has 0 radical (unpaired) electrons. The summed E-state index contributed by atoms with van der Waals surface area (Å²) in [5.41, 5.74) is 1.79. The van der Waals surface area contributed by atoms with Crippen LogP contribution in [0.5, 0.6) is 5.88 Å². The highest BCUT2D eigenvalue weighted by Crippen LogP contribution is 2.13. The molecular formula is C14H13FN2O2. The molecule has 0 saturated carbocycles. The van der Waals surface area contributed by atoms with E-state index in [0.29, 0.717) is 5.88 Å². The van der Waals surface area contributed by atoms with Gasteiger partial charge in [-0.15, -0.1) is 10.2 Å². The van der Waals surface area contributed by atoms with E-state index >= 15 is 0 Å². The number of ketones is 1. The number of carbonyl (C=O) groups excluding carboxylic acids is 1. The van der Waals surface area contributed by atoms with Gasteiger partial charge in [0.15, 0.2) is 5.78 Å². The van der Waals surface area contributed by atoms with Gasteiger partial charge in [0.2, 0.25) is 5.88 Å². The molecule has 0 fully saturated rings. The third-order valence-electron chi connectivity index (χ3n) is 2.79. The molecule has 0 aliphatic carbocycles. The van der Waals surface area contributed by atoms with Crippen molar-refractivity contribution in [1.29, 1.82) is 0 Å². The highest BCUT2D eigenvalue weighted by atomic mass is 19.1. The first-order valence-electron chi connectivity index (χ1n) is 5.76. The van der Waals surface area contributed by atoms with Gasteiger partial charge < -0.3 is 4.74 Å². The van der Waals surface area contributed by atoms with E-state index in [1.807, 2.05) is 0 Å². The number of halogens is 1. The van der Waals surface area contributed by atoms with Crippen molar-refractivity contribution in [3.63, 3.8) is 0 Å². The zero-order valence-electron chi connectivity index (χ0n) is 10.7. The van der Waals surface area contributed by atoms with E-state index in [4.69, 9.17) is 4.74 Å². The number of carbonyl (C=O) groups is 1. The summed E-state index contributed by atoms with van der Waals surface area (Å²) in [4.78, 5) is 12.0. The van der Waals surface area contributed by atoms with Gasteiger partial charge in [-0.3, -0.25) is 4.79 Å². The largest absolute Gasteiger partial charge is 0.480 e. The Morgan fingerprint density at radius 2 is 2.05 bits per heavy atom. The van der Waals surface area contributed by atoms with Crippen LogP contribution < -0.4 is 4.74 Å². The van der Waals surface area contributed by atoms with Gasteiger partial charge in [-0.2, -0.15) is 0 Å². The Labute approximate surface area is 110 Å². The molecule has 19 heavy (non-hydrogen) atoms. The Hall–Kier alpha value is -2.30. The fraction of sp³-hybridized carbons (Fsp3) is 0.214. The van der Waals surface area contributed by atoms with Crippen molar-refractivity contribution in [3.05, 3.63) is 53.0 Å². The summed E-state index contributed by atoms with van der Waals surface area (Å²) in [6, 6.07) is 7.50. The van der Waals surface area contributed by atoms with Gasteiger partial charge in [0.1, 0.15) is 11.5 Å². The normalized spacial score (nSPS) is 10.3. The maximum absolute atomic E-state index is 13.0. The van der Waals surface area contributed by atoms with Crippen molar-refractivity contribution < 1.29 is 13.9 Å². The van der Waals surface area contributed by atoms with Gasteiger partial charge in [-0.05, 0) is 36.2 Å². The molecule has 2 rings (SSSR count). The molecule has 1 aromatic carbocycles. The van der Waals surface area contributed by atoms with E-state index in [1.54, 1.807) is 25.1 Å². The maximum atomic E-state index is 13.0. The summed E-state index contributed by atoms with van der Waals surface area (Å²) in [7, 11) is 1.48. The molecule has 1 aromatic heterocycles. The fourth-order valence-corrected chi connectivity index (χ4v) is 1.70. The first-order chi connectivity index (χ1) is 9.10. The second kappa shape index (κ2) is 5.56. The van der Waals surface area contributed by atoms with E-state index in [9.17, 15) is 9.18 Å². The molecule has 0 aliphatic heterocycles. The third kappa shape index (κ3) is 3.13. The number of Topliss-reactive ketones (excluding diaryl/α,β-unsaturated/α-hetero) is 1. The Morgan fingerprint density at radius 1 is 1.26 bits per heavy atom. The highest BCUT2D eigenvalue weighted by Gasteiger charge is 2.11. The number of hydrogen-bond acceptors (Lipinski definition) is 4. The number of aryl methyl sites for hydroxylation is 1. The monoisotopic (exact) mass is 260 g/mol. The Bertz CT molecular complexity index is 597. The maximum Gasteiger partial charge on any atom is 0.233 e. The molecule has 0 aliphatic rings. The average molecular weight is 260 g/mol. The van der Waals surface area contributed by atoms with E-state index in [0.717, 1.165) is 11.1 Å². The van der Waals surface area contributed by atoms with Crippen LogP contribution in [0.15, 0.2) is 30.3 Å². The molecule has 0 N–H and O–H groups in total. The number of benzene rings is 1. The van der Waals surface area contributed by atoms with Crippen LogP contribution in [0, 0.1) is 12.7 Å². The van der Waals surface area contributed by atoms with Crippen molar-refractivity contribution in [2.75, 3.05) is 7.11 Å². The van der Waals surface area contributed by atoms with E-state index in [2.05, 4.69) is 10.2 Å². The molecule has 98 valence electrons. The Kier molecular flexibility index (Phi) is 3.85. The van der Waals surface area contributed by atoms with Crippen molar-refractivity contribution in [2.45, 2.75) is 13.3 Å². The molecule has 5 heteroatoms. The van der Waals surface area contributed by atoms with Crippen LogP contribution in [0.2, 0.25) is 0 Å². The number of rotatable bonds is 4. The molecule has 0 amide bonds. The molecule has 1 heterocycles. The van der Waals surface area contributed by atoms with E-state index in [-0.39, 0.29) is 23.7 Å². The standard InChI is InChI=1S/C14H13FN2O2/c1-9-7-11(15)4-3-10(9)8-13(18)12-5-6-14(19-2)17-16-12/h3-7H,8H2,1-2H3. The van der Waals surface area contributed by atoms with Crippen molar-refractivity contribution in [3.8, 4) is 5.88 Å². The lowest BCUT2D eigenvalue weighted by Crippen LogP contribution is -2.08. The molecule has 0 spiro atoms. The Balaban J connectivity index is 2.15. The van der Waals surface area contributed by atoms with Gasteiger partial charge in [0.05, 0.1) is 7.11 Å². The van der Waals surface area contributed by atoms with Gasteiger partial charge in [-0.1, -0.05) is 6.07 Å². The van der Waals surface area contributed by atoms with Crippen LogP contribution in [0.1, 0.15) is 21.6 Å². The van der Waals surface area contributed by atoms with Crippen molar-refractivity contribution >= 4 is 5.78 Å². The lowest BCUT2D eigenvalue weighted by Gasteiger charge is -2.05. The summed E-state index contributed by atoms with van der Waals surface area (Å²) in [5, 5.41) is 7.54. The third-order valence-corrected chi connectivity index (χ3v) is 2.79. The van der Waals surface area contributed by atoms with Gasteiger partial charge >= 0.3 is 0 Å².